The molecule has 2 aromatic rings. The molecule has 0 radical (unpaired) electrons. The predicted molar refractivity (Wildman–Crippen MR) is 77.2 cm³/mol. The standard InChI is InChI=1S/C12H13N5O2S/c1-8-6-11(16-13)15-12(14-8)7-20-10-5-3-2-4-9(10)17(18)19/h2-6H,7,13H2,1H3,(H,14,15,16). The van der Waals surface area contributed by atoms with Gasteiger partial charge in [-0.1, -0.05) is 12.1 Å². The molecule has 7 nitrogen and oxygen atoms in total. The van der Waals surface area contributed by atoms with Crippen LogP contribution in [0.5, 0.6) is 0 Å². The molecule has 104 valence electrons. The fraction of sp³-hybridized carbons (Fsp3) is 0.167. The lowest BCUT2D eigenvalue weighted by molar-refractivity contribution is -0.387. The molecule has 0 saturated carbocycles. The number of thioether (sulfide) groups is 1. The monoisotopic (exact) mass is 291 g/mol. The molecule has 1 aromatic heterocycles. The number of nitro benzene ring substituents is 1. The SMILES string of the molecule is Cc1cc(NN)nc(CSc2ccccc2[N+](=O)[O-])n1. The summed E-state index contributed by atoms with van der Waals surface area (Å²) < 4.78 is 0. The lowest BCUT2D eigenvalue weighted by Gasteiger charge is -2.05. The summed E-state index contributed by atoms with van der Waals surface area (Å²) >= 11 is 1.32. The molecule has 0 aliphatic heterocycles. The molecule has 8 heteroatoms. The Morgan fingerprint density at radius 3 is 2.85 bits per heavy atom. The molecule has 0 aliphatic rings. The van der Waals surface area contributed by atoms with Gasteiger partial charge in [0.2, 0.25) is 0 Å². The Morgan fingerprint density at radius 1 is 1.40 bits per heavy atom. The number of aryl methyl sites for hydroxylation is 1. The van der Waals surface area contributed by atoms with Crippen LogP contribution in [0.15, 0.2) is 35.2 Å². The minimum atomic E-state index is -0.397. The van der Waals surface area contributed by atoms with Gasteiger partial charge in [-0.2, -0.15) is 0 Å². The average molecular weight is 291 g/mol. The van der Waals surface area contributed by atoms with Gasteiger partial charge in [0.25, 0.3) is 5.69 Å². The molecule has 0 aliphatic carbocycles. The molecular formula is C12H13N5O2S. The Hall–Kier alpha value is -2.19. The number of nitrogens with zero attached hydrogens (tertiary/aromatic N) is 3. The fourth-order valence-corrected chi connectivity index (χ4v) is 2.52. The van der Waals surface area contributed by atoms with E-state index in [0.717, 1.165) is 5.69 Å². The van der Waals surface area contributed by atoms with E-state index in [1.807, 2.05) is 6.92 Å². The molecule has 2 rings (SSSR count). The van der Waals surface area contributed by atoms with Crippen molar-refractivity contribution in [3.05, 3.63) is 52.0 Å². The molecule has 20 heavy (non-hydrogen) atoms. The first kappa shape index (κ1) is 14.2. The van der Waals surface area contributed by atoms with Gasteiger partial charge in [-0.3, -0.25) is 10.1 Å². The van der Waals surface area contributed by atoms with E-state index in [1.54, 1.807) is 24.3 Å². The number of benzene rings is 1. The number of nitro groups is 1. The van der Waals surface area contributed by atoms with E-state index in [2.05, 4.69) is 15.4 Å². The smallest absolute Gasteiger partial charge is 0.282 e. The summed E-state index contributed by atoms with van der Waals surface area (Å²) in [5, 5.41) is 10.9. The van der Waals surface area contributed by atoms with Gasteiger partial charge >= 0.3 is 0 Å². The fourth-order valence-electron chi connectivity index (χ4n) is 1.64. The Bertz CT molecular complexity index is 635. The Kier molecular flexibility index (Phi) is 4.49. The summed E-state index contributed by atoms with van der Waals surface area (Å²) in [6.07, 6.45) is 0. The van der Waals surface area contributed by atoms with E-state index in [4.69, 9.17) is 5.84 Å². The minimum absolute atomic E-state index is 0.0855. The number of hydrogen-bond donors (Lipinski definition) is 2. The zero-order valence-corrected chi connectivity index (χ0v) is 11.6. The molecule has 1 heterocycles. The second-order valence-corrected chi connectivity index (χ2v) is 4.99. The van der Waals surface area contributed by atoms with Gasteiger partial charge in [0.15, 0.2) is 0 Å². The van der Waals surface area contributed by atoms with Gasteiger partial charge in [0, 0.05) is 17.8 Å². The van der Waals surface area contributed by atoms with E-state index in [0.29, 0.717) is 22.3 Å². The van der Waals surface area contributed by atoms with Crippen molar-refractivity contribution in [2.75, 3.05) is 5.43 Å². The van der Waals surface area contributed by atoms with Crippen molar-refractivity contribution in [2.45, 2.75) is 17.6 Å². The van der Waals surface area contributed by atoms with Crippen LogP contribution in [0.25, 0.3) is 0 Å². The summed E-state index contributed by atoms with van der Waals surface area (Å²) in [5.74, 6) is 6.85. The molecular weight excluding hydrogens is 278 g/mol. The van der Waals surface area contributed by atoms with Crippen molar-refractivity contribution < 1.29 is 4.92 Å². The quantitative estimate of drug-likeness (QED) is 0.376. The summed E-state index contributed by atoms with van der Waals surface area (Å²) in [5.41, 5.74) is 3.34. The predicted octanol–water partition coefficient (Wildman–Crippen LogP) is 2.27. The van der Waals surface area contributed by atoms with Crippen molar-refractivity contribution in [3.63, 3.8) is 0 Å². The first-order valence-electron chi connectivity index (χ1n) is 5.77. The lowest BCUT2D eigenvalue weighted by Crippen LogP contribution is -2.10. The summed E-state index contributed by atoms with van der Waals surface area (Å²) in [6, 6.07) is 8.31. The van der Waals surface area contributed by atoms with E-state index in [9.17, 15) is 10.1 Å². The maximum atomic E-state index is 10.9. The van der Waals surface area contributed by atoms with E-state index in [-0.39, 0.29) is 5.69 Å². The molecule has 0 atom stereocenters. The van der Waals surface area contributed by atoms with Crippen LogP contribution in [-0.2, 0) is 5.75 Å². The van der Waals surface area contributed by atoms with Gasteiger partial charge in [0.1, 0.15) is 11.6 Å². The van der Waals surface area contributed by atoms with Crippen molar-refractivity contribution >= 4 is 23.3 Å². The minimum Gasteiger partial charge on any atom is -0.308 e. The van der Waals surface area contributed by atoms with Crippen LogP contribution in [0.4, 0.5) is 11.5 Å². The Balaban J connectivity index is 2.17. The zero-order chi connectivity index (χ0) is 14.5. The third kappa shape index (κ3) is 3.43. The van der Waals surface area contributed by atoms with Gasteiger partial charge < -0.3 is 5.43 Å². The van der Waals surface area contributed by atoms with Crippen LogP contribution in [-0.4, -0.2) is 14.9 Å². The molecule has 0 amide bonds. The number of rotatable bonds is 5. The number of nitrogens with one attached hydrogen (secondary N) is 1. The normalized spacial score (nSPS) is 10.3. The first-order chi connectivity index (χ1) is 9.60. The van der Waals surface area contributed by atoms with Crippen molar-refractivity contribution in [3.8, 4) is 0 Å². The molecule has 3 N–H and O–H groups in total. The number of nitrogen functional groups attached to an aromatic ring is 1. The second-order valence-electron chi connectivity index (χ2n) is 3.97. The van der Waals surface area contributed by atoms with Crippen molar-refractivity contribution in [1.29, 1.82) is 0 Å². The van der Waals surface area contributed by atoms with Gasteiger partial charge in [-0.15, -0.1) is 11.8 Å². The van der Waals surface area contributed by atoms with Crippen LogP contribution < -0.4 is 11.3 Å². The Labute approximate surface area is 119 Å². The molecule has 0 unspecified atom stereocenters. The van der Waals surface area contributed by atoms with Gasteiger partial charge in [-0.25, -0.2) is 15.8 Å². The van der Waals surface area contributed by atoms with Crippen LogP contribution in [0.2, 0.25) is 0 Å². The number of aromatic nitrogens is 2. The number of anilines is 1. The largest absolute Gasteiger partial charge is 0.308 e. The van der Waals surface area contributed by atoms with Crippen molar-refractivity contribution in [1.82, 2.24) is 9.97 Å². The molecule has 1 aromatic carbocycles. The number of para-hydroxylation sites is 1. The number of nitrogens with two attached hydrogens (primary N) is 1. The maximum absolute atomic E-state index is 10.9. The zero-order valence-electron chi connectivity index (χ0n) is 10.7. The average Bonchev–Trinajstić information content (AvgIpc) is 2.44. The summed E-state index contributed by atoms with van der Waals surface area (Å²) in [4.78, 5) is 19.6. The van der Waals surface area contributed by atoms with Crippen LogP contribution in [0.3, 0.4) is 0 Å². The lowest BCUT2D eigenvalue weighted by atomic mass is 10.3. The van der Waals surface area contributed by atoms with E-state index in [1.165, 1.54) is 17.8 Å². The second kappa shape index (κ2) is 6.31. The van der Waals surface area contributed by atoms with Crippen molar-refractivity contribution in [2.24, 2.45) is 5.84 Å². The highest BCUT2D eigenvalue weighted by molar-refractivity contribution is 7.98. The molecule has 0 spiro atoms. The maximum Gasteiger partial charge on any atom is 0.282 e. The third-order valence-corrected chi connectivity index (χ3v) is 3.53. The highest BCUT2D eigenvalue weighted by Crippen LogP contribution is 2.30. The summed E-state index contributed by atoms with van der Waals surface area (Å²) in [6.45, 7) is 1.83. The topological polar surface area (TPSA) is 107 Å². The number of hydrazine groups is 1. The molecule has 0 saturated heterocycles. The van der Waals surface area contributed by atoms with E-state index < -0.39 is 4.92 Å². The third-order valence-electron chi connectivity index (χ3n) is 2.47. The molecule has 0 fully saturated rings. The highest BCUT2D eigenvalue weighted by Gasteiger charge is 2.13. The highest BCUT2D eigenvalue weighted by atomic mass is 32.2. The van der Waals surface area contributed by atoms with Crippen LogP contribution in [0, 0.1) is 17.0 Å². The summed E-state index contributed by atoms with van der Waals surface area (Å²) in [7, 11) is 0. The Morgan fingerprint density at radius 2 is 2.15 bits per heavy atom. The number of hydrogen-bond acceptors (Lipinski definition) is 7. The van der Waals surface area contributed by atoms with Crippen LogP contribution >= 0.6 is 11.8 Å². The van der Waals surface area contributed by atoms with Crippen LogP contribution in [0.1, 0.15) is 11.5 Å². The first-order valence-corrected chi connectivity index (χ1v) is 6.76. The van der Waals surface area contributed by atoms with Gasteiger partial charge in [-0.05, 0) is 13.0 Å². The van der Waals surface area contributed by atoms with Gasteiger partial charge in [0.05, 0.1) is 15.6 Å². The molecule has 0 bridgehead atoms. The van der Waals surface area contributed by atoms with E-state index >= 15 is 0 Å².